The Morgan fingerprint density at radius 1 is 1.39 bits per heavy atom. The molecule has 0 bridgehead atoms. The Labute approximate surface area is 111 Å². The molecule has 0 saturated carbocycles. The van der Waals surface area contributed by atoms with Crippen molar-refractivity contribution in [1.82, 2.24) is 0 Å². The molecule has 2 rings (SSSR count). The maximum Gasteiger partial charge on any atom is 0.294 e. The maximum atomic E-state index is 11.1. The minimum Gasteiger partial charge on any atom is -0.354 e. The van der Waals surface area contributed by atoms with Crippen LogP contribution in [0.1, 0.15) is 13.8 Å². The van der Waals surface area contributed by atoms with Crippen LogP contribution >= 0.6 is 11.6 Å². The largest absolute Gasteiger partial charge is 0.354 e. The number of nitro benzene ring substituents is 1. The topological polar surface area (TPSA) is 63.0 Å². The predicted octanol–water partition coefficient (Wildman–Crippen LogP) is 1.41. The Morgan fingerprint density at radius 2 is 2.00 bits per heavy atom. The quantitative estimate of drug-likeness (QED) is 0.653. The fraction of sp³-hybridized carbons (Fsp3) is 0.500. The van der Waals surface area contributed by atoms with Crippen LogP contribution in [0.5, 0.6) is 0 Å². The number of piperazine rings is 1. The van der Waals surface area contributed by atoms with Gasteiger partial charge in [-0.25, -0.2) is 0 Å². The van der Waals surface area contributed by atoms with Gasteiger partial charge < -0.3 is 10.2 Å². The molecule has 0 unspecified atom stereocenters. The molecule has 1 aromatic carbocycles. The molecule has 0 amide bonds. The number of benzene rings is 1. The second-order valence-electron chi connectivity index (χ2n) is 4.94. The van der Waals surface area contributed by atoms with Crippen LogP contribution < -0.4 is 10.2 Å². The van der Waals surface area contributed by atoms with Crippen molar-refractivity contribution in [3.63, 3.8) is 0 Å². The molecule has 5 nitrogen and oxygen atoms in total. The van der Waals surface area contributed by atoms with Crippen molar-refractivity contribution in [3.05, 3.63) is 33.3 Å². The third kappa shape index (κ3) is 2.73. The van der Waals surface area contributed by atoms with Gasteiger partial charge in [-0.05, 0) is 26.0 Å². The molecule has 1 aliphatic rings. The van der Waals surface area contributed by atoms with Gasteiger partial charge in [-0.2, -0.15) is 0 Å². The number of hydrogen-bond donors (Lipinski definition) is 1. The molecule has 1 aliphatic heterocycles. The zero-order valence-corrected chi connectivity index (χ0v) is 11.2. The van der Waals surface area contributed by atoms with Gasteiger partial charge in [0.15, 0.2) is 0 Å². The van der Waals surface area contributed by atoms with Gasteiger partial charge in [0.05, 0.1) is 18.0 Å². The van der Waals surface area contributed by atoms with Crippen LogP contribution in [0.3, 0.4) is 0 Å². The molecule has 0 aromatic heterocycles. The molecule has 1 saturated heterocycles. The van der Waals surface area contributed by atoms with Gasteiger partial charge in [-0.3, -0.25) is 10.1 Å². The number of nitrogens with zero attached hydrogens (tertiary/aromatic N) is 2. The Morgan fingerprint density at radius 3 is 2.56 bits per heavy atom. The molecule has 18 heavy (non-hydrogen) atoms. The summed E-state index contributed by atoms with van der Waals surface area (Å²) < 4.78 is 0. The first-order chi connectivity index (χ1) is 8.47. The SMILES string of the molecule is C[C@@H]1CN(c2ccc(Cl)cc2[N+](=O)[O-])C[C@@H](C)[NH2+]1. The van der Waals surface area contributed by atoms with Crippen LogP contribution in [-0.2, 0) is 0 Å². The first-order valence-corrected chi connectivity index (χ1v) is 6.39. The van der Waals surface area contributed by atoms with Crippen LogP contribution in [-0.4, -0.2) is 30.1 Å². The Kier molecular flexibility index (Phi) is 3.73. The normalized spacial score (nSPS) is 24.1. The number of nitro groups is 1. The van der Waals surface area contributed by atoms with Crippen molar-refractivity contribution in [2.75, 3.05) is 18.0 Å². The van der Waals surface area contributed by atoms with Gasteiger partial charge in [0, 0.05) is 11.1 Å². The van der Waals surface area contributed by atoms with Crippen molar-refractivity contribution >= 4 is 23.0 Å². The molecular weight excluding hydrogens is 254 g/mol. The molecular formula is C12H17ClN3O2+. The standard InChI is InChI=1S/C12H16ClN3O2/c1-8-6-15(7-9(2)14-8)11-4-3-10(13)5-12(11)16(17)18/h3-5,8-9,14H,6-7H2,1-2H3/p+1/t8-,9-/m1/s1. The summed E-state index contributed by atoms with van der Waals surface area (Å²) in [5, 5.41) is 13.8. The van der Waals surface area contributed by atoms with E-state index in [1.165, 1.54) is 6.07 Å². The van der Waals surface area contributed by atoms with Gasteiger partial charge in [-0.1, -0.05) is 11.6 Å². The van der Waals surface area contributed by atoms with E-state index in [-0.39, 0.29) is 10.6 Å². The van der Waals surface area contributed by atoms with Gasteiger partial charge in [0.1, 0.15) is 17.8 Å². The van der Waals surface area contributed by atoms with Crippen molar-refractivity contribution < 1.29 is 10.2 Å². The van der Waals surface area contributed by atoms with Crippen molar-refractivity contribution in [2.45, 2.75) is 25.9 Å². The number of nitrogens with two attached hydrogens (primary N) is 1. The summed E-state index contributed by atoms with van der Waals surface area (Å²) >= 11 is 5.83. The van der Waals surface area contributed by atoms with Crippen LogP contribution in [0.4, 0.5) is 11.4 Å². The molecule has 0 spiro atoms. The highest BCUT2D eigenvalue weighted by Gasteiger charge is 2.28. The second kappa shape index (κ2) is 5.12. The summed E-state index contributed by atoms with van der Waals surface area (Å²) in [6.45, 7) is 5.88. The van der Waals surface area contributed by atoms with Crippen molar-refractivity contribution in [3.8, 4) is 0 Å². The summed E-state index contributed by atoms with van der Waals surface area (Å²) in [5.74, 6) is 0. The summed E-state index contributed by atoms with van der Waals surface area (Å²) in [6, 6.07) is 5.74. The lowest BCUT2D eigenvalue weighted by Crippen LogP contribution is -2.99. The van der Waals surface area contributed by atoms with Gasteiger partial charge in [0.25, 0.3) is 5.69 Å². The highest BCUT2D eigenvalue weighted by atomic mass is 35.5. The van der Waals surface area contributed by atoms with E-state index in [4.69, 9.17) is 11.6 Å². The molecule has 1 aromatic rings. The Hall–Kier alpha value is -1.33. The summed E-state index contributed by atoms with van der Waals surface area (Å²) in [5.41, 5.74) is 0.750. The average Bonchev–Trinajstić information content (AvgIpc) is 2.27. The zero-order valence-electron chi connectivity index (χ0n) is 10.5. The first-order valence-electron chi connectivity index (χ1n) is 6.01. The molecule has 2 atom stereocenters. The van der Waals surface area contributed by atoms with Gasteiger partial charge >= 0.3 is 0 Å². The lowest BCUT2D eigenvalue weighted by molar-refractivity contribution is -0.716. The molecule has 6 heteroatoms. The van der Waals surface area contributed by atoms with Crippen molar-refractivity contribution in [1.29, 1.82) is 0 Å². The molecule has 1 heterocycles. The van der Waals surface area contributed by atoms with Gasteiger partial charge in [0.2, 0.25) is 0 Å². The van der Waals surface area contributed by atoms with E-state index in [1.54, 1.807) is 12.1 Å². The summed E-state index contributed by atoms with van der Waals surface area (Å²) in [6.07, 6.45) is 0. The first kappa shape index (κ1) is 13.1. The van der Waals surface area contributed by atoms with Crippen LogP contribution in [0.15, 0.2) is 18.2 Å². The minimum atomic E-state index is -0.366. The minimum absolute atomic E-state index is 0.0869. The highest BCUT2D eigenvalue weighted by molar-refractivity contribution is 6.30. The van der Waals surface area contributed by atoms with Crippen LogP contribution in [0.25, 0.3) is 0 Å². The lowest BCUT2D eigenvalue weighted by atomic mass is 10.1. The maximum absolute atomic E-state index is 11.1. The summed E-state index contributed by atoms with van der Waals surface area (Å²) in [7, 11) is 0. The van der Waals surface area contributed by atoms with E-state index < -0.39 is 0 Å². The Balaban J connectivity index is 2.35. The second-order valence-corrected chi connectivity index (χ2v) is 5.38. The smallest absolute Gasteiger partial charge is 0.294 e. The third-order valence-corrected chi connectivity index (χ3v) is 3.38. The van der Waals surface area contributed by atoms with E-state index in [0.717, 1.165) is 13.1 Å². The number of anilines is 1. The molecule has 2 N–H and O–H groups in total. The summed E-state index contributed by atoms with van der Waals surface area (Å²) in [4.78, 5) is 12.8. The number of rotatable bonds is 2. The molecule has 1 fully saturated rings. The van der Waals surface area contributed by atoms with E-state index in [1.807, 2.05) is 0 Å². The zero-order chi connectivity index (χ0) is 13.3. The van der Waals surface area contributed by atoms with E-state index in [9.17, 15) is 10.1 Å². The number of quaternary nitrogens is 1. The van der Waals surface area contributed by atoms with Crippen molar-refractivity contribution in [2.24, 2.45) is 0 Å². The monoisotopic (exact) mass is 270 g/mol. The van der Waals surface area contributed by atoms with Crippen LogP contribution in [0.2, 0.25) is 5.02 Å². The molecule has 98 valence electrons. The molecule has 0 aliphatic carbocycles. The average molecular weight is 271 g/mol. The number of halogens is 1. The number of hydrogen-bond acceptors (Lipinski definition) is 3. The van der Waals surface area contributed by atoms with Crippen LogP contribution in [0, 0.1) is 10.1 Å². The van der Waals surface area contributed by atoms with E-state index in [2.05, 4.69) is 24.1 Å². The predicted molar refractivity (Wildman–Crippen MR) is 71.2 cm³/mol. The van der Waals surface area contributed by atoms with Gasteiger partial charge in [-0.15, -0.1) is 0 Å². The fourth-order valence-corrected chi connectivity index (χ4v) is 2.73. The highest BCUT2D eigenvalue weighted by Crippen LogP contribution is 2.31. The third-order valence-electron chi connectivity index (χ3n) is 3.15. The fourth-order valence-electron chi connectivity index (χ4n) is 2.56. The van der Waals surface area contributed by atoms with E-state index in [0.29, 0.717) is 22.8 Å². The van der Waals surface area contributed by atoms with E-state index >= 15 is 0 Å². The Bertz CT molecular complexity index is 457. The molecule has 0 radical (unpaired) electrons. The lowest BCUT2D eigenvalue weighted by Gasteiger charge is -2.34.